The maximum absolute atomic E-state index is 13.1. The maximum atomic E-state index is 13.1. The molecule has 1 aromatic heterocycles. The summed E-state index contributed by atoms with van der Waals surface area (Å²) < 4.78 is 1.28. The van der Waals surface area contributed by atoms with Crippen molar-refractivity contribution in [2.45, 2.75) is 75.5 Å². The number of carbonyl (C=O) groups is 4. The number of likely N-dealkylation sites (tertiary alicyclic amines) is 1. The van der Waals surface area contributed by atoms with Gasteiger partial charge in [0.25, 0.3) is 0 Å². The van der Waals surface area contributed by atoms with Gasteiger partial charge in [0.05, 0.1) is 18.0 Å². The Hall–Kier alpha value is -3.04. The van der Waals surface area contributed by atoms with Crippen LogP contribution in [0.2, 0.25) is 0 Å². The van der Waals surface area contributed by atoms with Gasteiger partial charge in [-0.3, -0.25) is 14.4 Å². The van der Waals surface area contributed by atoms with E-state index in [9.17, 15) is 24.3 Å². The van der Waals surface area contributed by atoms with Crippen LogP contribution >= 0.6 is 11.8 Å². The zero-order chi connectivity index (χ0) is 28.1. The van der Waals surface area contributed by atoms with Crippen LogP contribution in [0.3, 0.4) is 0 Å². The van der Waals surface area contributed by atoms with E-state index in [4.69, 9.17) is 5.73 Å². The van der Waals surface area contributed by atoms with Crippen LogP contribution in [0, 0.1) is 11.8 Å². The number of piperidine rings is 1. The van der Waals surface area contributed by atoms with E-state index >= 15 is 0 Å². The largest absolute Gasteiger partial charge is 0.477 e. The number of nitrogens with two attached hydrogens (primary N) is 1. The summed E-state index contributed by atoms with van der Waals surface area (Å²) in [5.74, 6) is -2.51. The van der Waals surface area contributed by atoms with E-state index in [1.165, 1.54) is 27.7 Å². The fourth-order valence-corrected chi connectivity index (χ4v) is 7.58. The second-order valence-corrected chi connectivity index (χ2v) is 12.7. The molecule has 0 saturated carbocycles. The first-order valence-corrected chi connectivity index (χ1v) is 14.1. The summed E-state index contributed by atoms with van der Waals surface area (Å²) in [7, 11) is 0. The molecule has 4 aliphatic rings. The molecular formula is C24H35N9O5S. The van der Waals surface area contributed by atoms with Crippen LogP contribution in [-0.4, -0.2) is 107 Å². The standard InChI is InChI=1S/C24H35N9O5S/c1-12-18-17(13(2)28-16(34)10-32-11-27-29-30-32)22(36)33(18)19(23(37)38)20(12)39-14-8-15(26-9-14)21(35)31-6-4-24(3,25)5-7-31/h11-15,17-18,26H,4-10,25H2,1-3H3,(H,28,34)(H,37,38)/t12-,13-,14?,15?,17-,18-/m1/s1. The number of hydrogen-bond acceptors (Lipinski definition) is 10. The molecule has 3 fully saturated rings. The molecule has 2 unspecified atom stereocenters. The van der Waals surface area contributed by atoms with Crippen molar-refractivity contribution >= 4 is 35.5 Å². The molecule has 3 saturated heterocycles. The van der Waals surface area contributed by atoms with E-state index in [1.807, 2.05) is 18.7 Å². The Balaban J connectivity index is 1.21. The van der Waals surface area contributed by atoms with Gasteiger partial charge >= 0.3 is 5.97 Å². The van der Waals surface area contributed by atoms with Crippen molar-refractivity contribution in [3.63, 3.8) is 0 Å². The van der Waals surface area contributed by atoms with Crippen LogP contribution in [0.25, 0.3) is 0 Å². The lowest BCUT2D eigenvalue weighted by molar-refractivity contribution is -0.158. The Morgan fingerprint density at radius 1 is 1.33 bits per heavy atom. The van der Waals surface area contributed by atoms with Gasteiger partial charge < -0.3 is 31.3 Å². The fourth-order valence-electron chi connectivity index (χ4n) is 6.10. The van der Waals surface area contributed by atoms with E-state index in [-0.39, 0.29) is 58.8 Å². The third-order valence-electron chi connectivity index (χ3n) is 8.32. The van der Waals surface area contributed by atoms with Crippen LogP contribution in [-0.2, 0) is 25.7 Å². The summed E-state index contributed by atoms with van der Waals surface area (Å²) >= 11 is 1.45. The van der Waals surface area contributed by atoms with Gasteiger partial charge in [0.2, 0.25) is 17.7 Å². The first-order chi connectivity index (χ1) is 18.5. The lowest BCUT2D eigenvalue weighted by Crippen LogP contribution is -2.66. The summed E-state index contributed by atoms with van der Waals surface area (Å²) in [5.41, 5.74) is 5.98. The van der Waals surface area contributed by atoms with Gasteiger partial charge in [0.1, 0.15) is 18.6 Å². The minimum absolute atomic E-state index is 0.00372. The van der Waals surface area contributed by atoms with E-state index in [0.29, 0.717) is 31.0 Å². The van der Waals surface area contributed by atoms with Crippen LogP contribution in [0.1, 0.15) is 40.0 Å². The Morgan fingerprint density at radius 3 is 2.69 bits per heavy atom. The number of carboxylic acids is 1. The number of amides is 3. The average Bonchev–Trinajstić information content (AvgIpc) is 3.59. The van der Waals surface area contributed by atoms with Gasteiger partial charge in [-0.2, -0.15) is 0 Å². The van der Waals surface area contributed by atoms with Crippen molar-refractivity contribution in [3.8, 4) is 0 Å². The van der Waals surface area contributed by atoms with Gasteiger partial charge in [-0.15, -0.1) is 16.9 Å². The molecule has 5 heterocycles. The number of thioether (sulfide) groups is 1. The van der Waals surface area contributed by atoms with Crippen molar-refractivity contribution < 1.29 is 24.3 Å². The molecule has 0 aliphatic carbocycles. The predicted molar refractivity (Wildman–Crippen MR) is 140 cm³/mol. The van der Waals surface area contributed by atoms with Gasteiger partial charge in [0, 0.05) is 47.3 Å². The van der Waals surface area contributed by atoms with Gasteiger partial charge in [-0.05, 0) is 43.5 Å². The highest BCUT2D eigenvalue weighted by atomic mass is 32.2. The number of aromatic nitrogens is 4. The molecule has 0 spiro atoms. The number of aliphatic carboxylic acids is 1. The lowest BCUT2D eigenvalue weighted by Gasteiger charge is -2.47. The SMILES string of the molecule is C[C@@H](NC(=O)Cn1cnnn1)[C@H]1C(=O)N2C(C(=O)O)=C(SC3CNC(C(=O)N4CCC(C)(N)CC4)C3)[C@H](C)[C@H]12. The van der Waals surface area contributed by atoms with E-state index in [2.05, 4.69) is 26.2 Å². The zero-order valence-electron chi connectivity index (χ0n) is 22.2. The molecule has 0 aromatic carbocycles. The first kappa shape index (κ1) is 27.5. The molecule has 212 valence electrons. The van der Waals surface area contributed by atoms with Crippen molar-refractivity contribution in [1.29, 1.82) is 0 Å². The molecule has 14 nitrogen and oxygen atoms in total. The first-order valence-electron chi connectivity index (χ1n) is 13.2. The molecule has 5 rings (SSSR count). The highest BCUT2D eigenvalue weighted by Crippen LogP contribution is 2.51. The Morgan fingerprint density at radius 2 is 2.05 bits per heavy atom. The number of nitrogens with zero attached hydrogens (tertiary/aromatic N) is 6. The third-order valence-corrected chi connectivity index (χ3v) is 9.83. The monoisotopic (exact) mass is 561 g/mol. The minimum Gasteiger partial charge on any atom is -0.477 e. The normalized spacial score (nSPS) is 30.7. The Labute approximate surface area is 230 Å². The van der Waals surface area contributed by atoms with Crippen LogP contribution in [0.4, 0.5) is 0 Å². The Kier molecular flexibility index (Phi) is 7.41. The van der Waals surface area contributed by atoms with Crippen LogP contribution in [0.15, 0.2) is 16.9 Å². The Bertz CT molecular complexity index is 1180. The number of carbonyl (C=O) groups excluding carboxylic acids is 3. The zero-order valence-corrected chi connectivity index (χ0v) is 23.1. The van der Waals surface area contributed by atoms with E-state index < -0.39 is 17.9 Å². The second-order valence-electron chi connectivity index (χ2n) is 11.3. The molecule has 3 amide bonds. The number of tetrazole rings is 1. The van der Waals surface area contributed by atoms with Crippen molar-refractivity contribution in [3.05, 3.63) is 16.9 Å². The quantitative estimate of drug-likeness (QED) is 0.278. The molecule has 6 atom stereocenters. The fraction of sp³-hybridized carbons (Fsp3) is 0.708. The van der Waals surface area contributed by atoms with E-state index in [0.717, 1.165) is 12.8 Å². The van der Waals surface area contributed by atoms with Crippen molar-refractivity contribution in [2.75, 3.05) is 19.6 Å². The summed E-state index contributed by atoms with van der Waals surface area (Å²) in [5, 5.41) is 26.9. The highest BCUT2D eigenvalue weighted by molar-refractivity contribution is 8.03. The van der Waals surface area contributed by atoms with Gasteiger partial charge in [-0.1, -0.05) is 6.92 Å². The maximum Gasteiger partial charge on any atom is 0.353 e. The molecule has 4 aliphatic heterocycles. The summed E-state index contributed by atoms with van der Waals surface area (Å²) in [6, 6.07) is -1.18. The molecule has 15 heteroatoms. The van der Waals surface area contributed by atoms with Crippen LogP contribution in [0.5, 0.6) is 0 Å². The number of β-lactam (4-membered cyclic amide) rings is 1. The van der Waals surface area contributed by atoms with Crippen LogP contribution < -0.4 is 16.4 Å². The molecule has 5 N–H and O–H groups in total. The third kappa shape index (κ3) is 5.26. The lowest BCUT2D eigenvalue weighted by atomic mass is 9.78. The summed E-state index contributed by atoms with van der Waals surface area (Å²) in [6.07, 6.45) is 3.43. The smallest absolute Gasteiger partial charge is 0.353 e. The predicted octanol–water partition coefficient (Wildman–Crippen LogP) is -1.25. The molecule has 0 radical (unpaired) electrons. The molecule has 39 heavy (non-hydrogen) atoms. The number of nitrogens with one attached hydrogen (secondary N) is 2. The minimum atomic E-state index is -1.15. The van der Waals surface area contributed by atoms with Crippen molar-refractivity contribution in [2.24, 2.45) is 17.6 Å². The second kappa shape index (κ2) is 10.5. The number of carboxylic acid groups (broad SMARTS) is 1. The summed E-state index contributed by atoms with van der Waals surface area (Å²) in [4.78, 5) is 54.9. The van der Waals surface area contributed by atoms with Gasteiger partial charge in [-0.25, -0.2) is 9.48 Å². The average molecular weight is 562 g/mol. The number of hydrogen-bond donors (Lipinski definition) is 4. The number of rotatable bonds is 8. The number of fused-ring (bicyclic) bond motifs is 1. The summed E-state index contributed by atoms with van der Waals surface area (Å²) in [6.45, 7) is 7.44. The van der Waals surface area contributed by atoms with E-state index in [1.54, 1.807) is 6.92 Å². The highest BCUT2D eigenvalue weighted by Gasteiger charge is 2.60. The molecule has 1 aromatic rings. The molecular weight excluding hydrogens is 526 g/mol. The van der Waals surface area contributed by atoms with Crippen molar-refractivity contribution in [1.82, 2.24) is 40.6 Å². The molecule has 0 bridgehead atoms. The van der Waals surface area contributed by atoms with Gasteiger partial charge in [0.15, 0.2) is 0 Å². The topological polar surface area (TPSA) is 189 Å².